The zero-order valence-corrected chi connectivity index (χ0v) is 12.4. The van der Waals surface area contributed by atoms with Crippen molar-refractivity contribution < 1.29 is 4.79 Å². The Morgan fingerprint density at radius 1 is 1.10 bits per heavy atom. The SMILES string of the molecule is CCCC(CNC(=O)CC)c1ccc2ccccc2c1. The fraction of sp³-hybridized carbons (Fsp3) is 0.389. The van der Waals surface area contributed by atoms with E-state index in [4.69, 9.17) is 0 Å². The van der Waals surface area contributed by atoms with Crippen molar-refractivity contribution in [2.45, 2.75) is 39.0 Å². The molecule has 1 N–H and O–H groups in total. The lowest BCUT2D eigenvalue weighted by Gasteiger charge is -2.18. The van der Waals surface area contributed by atoms with Gasteiger partial charge in [0.1, 0.15) is 0 Å². The molecule has 2 rings (SSSR count). The quantitative estimate of drug-likeness (QED) is 0.834. The number of carbonyl (C=O) groups excluding carboxylic acids is 1. The number of carbonyl (C=O) groups is 1. The maximum atomic E-state index is 11.5. The predicted octanol–water partition coefficient (Wildman–Crippen LogP) is 4.25. The van der Waals surface area contributed by atoms with Crippen LogP contribution in [0.4, 0.5) is 0 Å². The number of amides is 1. The first-order chi connectivity index (χ1) is 9.74. The predicted molar refractivity (Wildman–Crippen MR) is 84.9 cm³/mol. The molecule has 0 bridgehead atoms. The zero-order chi connectivity index (χ0) is 14.4. The Hall–Kier alpha value is -1.83. The summed E-state index contributed by atoms with van der Waals surface area (Å²) in [6, 6.07) is 15.0. The number of hydrogen-bond donors (Lipinski definition) is 1. The van der Waals surface area contributed by atoms with Gasteiger partial charge in [-0.25, -0.2) is 0 Å². The Balaban J connectivity index is 2.19. The maximum Gasteiger partial charge on any atom is 0.219 e. The van der Waals surface area contributed by atoms with E-state index in [1.54, 1.807) is 0 Å². The third kappa shape index (κ3) is 3.60. The van der Waals surface area contributed by atoms with Gasteiger partial charge in [-0.3, -0.25) is 4.79 Å². The minimum Gasteiger partial charge on any atom is -0.356 e. The van der Waals surface area contributed by atoms with Crippen molar-refractivity contribution in [3.63, 3.8) is 0 Å². The molecular weight excluding hydrogens is 246 g/mol. The molecule has 0 aliphatic rings. The van der Waals surface area contributed by atoms with Gasteiger partial charge in [0.15, 0.2) is 0 Å². The normalized spacial score (nSPS) is 12.3. The molecule has 0 saturated carbocycles. The van der Waals surface area contributed by atoms with Crippen LogP contribution in [0.15, 0.2) is 42.5 Å². The molecule has 1 amide bonds. The topological polar surface area (TPSA) is 29.1 Å². The van der Waals surface area contributed by atoms with Crippen LogP contribution in [0.3, 0.4) is 0 Å². The summed E-state index contributed by atoms with van der Waals surface area (Å²) in [6.07, 6.45) is 2.78. The van der Waals surface area contributed by atoms with E-state index in [9.17, 15) is 4.79 Å². The largest absolute Gasteiger partial charge is 0.356 e. The second-order valence-corrected chi connectivity index (χ2v) is 5.25. The van der Waals surface area contributed by atoms with Crippen molar-refractivity contribution in [1.82, 2.24) is 5.32 Å². The molecule has 2 heteroatoms. The molecule has 0 spiro atoms. The summed E-state index contributed by atoms with van der Waals surface area (Å²) < 4.78 is 0. The summed E-state index contributed by atoms with van der Waals surface area (Å²) in [4.78, 5) is 11.5. The van der Waals surface area contributed by atoms with E-state index in [1.165, 1.54) is 16.3 Å². The Bertz CT molecular complexity index is 576. The average Bonchev–Trinajstić information content (AvgIpc) is 2.50. The van der Waals surface area contributed by atoms with Crippen molar-refractivity contribution in [3.05, 3.63) is 48.0 Å². The number of fused-ring (bicyclic) bond motifs is 1. The first kappa shape index (κ1) is 14.6. The van der Waals surface area contributed by atoms with Crippen LogP contribution < -0.4 is 5.32 Å². The van der Waals surface area contributed by atoms with E-state index in [1.807, 2.05) is 6.92 Å². The van der Waals surface area contributed by atoms with Crippen molar-refractivity contribution in [3.8, 4) is 0 Å². The Morgan fingerprint density at radius 2 is 1.85 bits per heavy atom. The summed E-state index contributed by atoms with van der Waals surface area (Å²) in [6.45, 7) is 4.81. The average molecular weight is 269 g/mol. The fourth-order valence-corrected chi connectivity index (χ4v) is 2.56. The van der Waals surface area contributed by atoms with Gasteiger partial charge in [0, 0.05) is 18.9 Å². The van der Waals surface area contributed by atoms with Crippen LogP contribution in [-0.2, 0) is 4.79 Å². The Morgan fingerprint density at radius 3 is 2.55 bits per heavy atom. The Labute approximate surface area is 121 Å². The van der Waals surface area contributed by atoms with Crippen LogP contribution in [-0.4, -0.2) is 12.5 Å². The molecule has 0 radical (unpaired) electrons. The highest BCUT2D eigenvalue weighted by molar-refractivity contribution is 5.83. The third-order valence-corrected chi connectivity index (χ3v) is 3.75. The second-order valence-electron chi connectivity index (χ2n) is 5.25. The fourth-order valence-electron chi connectivity index (χ4n) is 2.56. The number of hydrogen-bond acceptors (Lipinski definition) is 1. The van der Waals surface area contributed by atoms with Crippen LogP contribution in [0.5, 0.6) is 0 Å². The summed E-state index contributed by atoms with van der Waals surface area (Å²) in [5.41, 5.74) is 1.32. The molecular formula is C18H23NO. The molecule has 2 aromatic rings. The Kier molecular flexibility index (Phi) is 5.16. The van der Waals surface area contributed by atoms with Crippen molar-refractivity contribution in [2.75, 3.05) is 6.54 Å². The van der Waals surface area contributed by atoms with E-state index in [0.29, 0.717) is 12.3 Å². The minimum absolute atomic E-state index is 0.131. The molecule has 0 aliphatic heterocycles. The highest BCUT2D eigenvalue weighted by Gasteiger charge is 2.12. The van der Waals surface area contributed by atoms with E-state index in [0.717, 1.165) is 19.4 Å². The third-order valence-electron chi connectivity index (χ3n) is 3.75. The van der Waals surface area contributed by atoms with E-state index in [-0.39, 0.29) is 5.91 Å². The van der Waals surface area contributed by atoms with E-state index in [2.05, 4.69) is 54.7 Å². The first-order valence-corrected chi connectivity index (χ1v) is 7.50. The van der Waals surface area contributed by atoms with E-state index >= 15 is 0 Å². The highest BCUT2D eigenvalue weighted by atomic mass is 16.1. The molecule has 106 valence electrons. The van der Waals surface area contributed by atoms with Gasteiger partial charge in [0.25, 0.3) is 0 Å². The number of benzene rings is 2. The summed E-state index contributed by atoms with van der Waals surface area (Å²) in [7, 11) is 0. The summed E-state index contributed by atoms with van der Waals surface area (Å²) in [5.74, 6) is 0.534. The van der Waals surface area contributed by atoms with Crippen LogP contribution in [0, 0.1) is 0 Å². The van der Waals surface area contributed by atoms with Crippen molar-refractivity contribution in [2.24, 2.45) is 0 Å². The molecule has 1 atom stereocenters. The maximum absolute atomic E-state index is 11.5. The molecule has 2 nitrogen and oxygen atoms in total. The molecule has 1 unspecified atom stereocenters. The van der Waals surface area contributed by atoms with Crippen molar-refractivity contribution in [1.29, 1.82) is 0 Å². The molecule has 0 heterocycles. The number of nitrogens with one attached hydrogen (secondary N) is 1. The van der Waals surface area contributed by atoms with Gasteiger partial charge in [0.05, 0.1) is 0 Å². The monoisotopic (exact) mass is 269 g/mol. The van der Waals surface area contributed by atoms with Gasteiger partial charge in [-0.1, -0.05) is 62.7 Å². The second kappa shape index (κ2) is 7.09. The smallest absolute Gasteiger partial charge is 0.219 e. The molecule has 2 aromatic carbocycles. The first-order valence-electron chi connectivity index (χ1n) is 7.50. The zero-order valence-electron chi connectivity index (χ0n) is 12.4. The number of rotatable bonds is 6. The lowest BCUT2D eigenvalue weighted by atomic mass is 9.92. The van der Waals surface area contributed by atoms with Gasteiger partial charge in [0.2, 0.25) is 5.91 Å². The lowest BCUT2D eigenvalue weighted by Crippen LogP contribution is -2.27. The minimum atomic E-state index is 0.131. The van der Waals surface area contributed by atoms with Crippen molar-refractivity contribution >= 4 is 16.7 Å². The van der Waals surface area contributed by atoms with Gasteiger partial charge in [-0.2, -0.15) is 0 Å². The lowest BCUT2D eigenvalue weighted by molar-refractivity contribution is -0.120. The van der Waals surface area contributed by atoms with Gasteiger partial charge in [-0.05, 0) is 22.8 Å². The summed E-state index contributed by atoms with van der Waals surface area (Å²) in [5, 5.41) is 5.56. The molecule has 20 heavy (non-hydrogen) atoms. The van der Waals surface area contributed by atoms with Gasteiger partial charge >= 0.3 is 0 Å². The van der Waals surface area contributed by atoms with Gasteiger partial charge < -0.3 is 5.32 Å². The molecule has 0 aliphatic carbocycles. The van der Waals surface area contributed by atoms with Crippen LogP contribution in [0.25, 0.3) is 10.8 Å². The van der Waals surface area contributed by atoms with E-state index < -0.39 is 0 Å². The van der Waals surface area contributed by atoms with Crippen LogP contribution in [0.1, 0.15) is 44.6 Å². The molecule has 0 saturated heterocycles. The summed E-state index contributed by atoms with van der Waals surface area (Å²) >= 11 is 0. The standard InChI is InChI=1S/C18H23NO/c1-3-7-17(13-19-18(20)4-2)16-11-10-14-8-5-6-9-15(14)12-16/h5-6,8-12,17H,3-4,7,13H2,1-2H3,(H,19,20). The highest BCUT2D eigenvalue weighted by Crippen LogP contribution is 2.24. The van der Waals surface area contributed by atoms with Crippen LogP contribution >= 0.6 is 0 Å². The molecule has 0 fully saturated rings. The van der Waals surface area contributed by atoms with Crippen LogP contribution in [0.2, 0.25) is 0 Å². The van der Waals surface area contributed by atoms with Gasteiger partial charge in [-0.15, -0.1) is 0 Å². The molecule has 0 aromatic heterocycles.